The molecule has 132 valence electrons. The Morgan fingerprint density at radius 3 is 2.08 bits per heavy atom. The normalized spacial score (nSPS) is 16.1. The van der Waals surface area contributed by atoms with Gasteiger partial charge in [-0.2, -0.15) is 0 Å². The number of benzene rings is 1. The number of aromatic carboxylic acids is 1. The number of carbonyl (C=O) groups excluding carboxylic acids is 1. The van der Waals surface area contributed by atoms with Crippen molar-refractivity contribution in [2.75, 3.05) is 13.1 Å². The van der Waals surface area contributed by atoms with E-state index >= 15 is 0 Å². The van der Waals surface area contributed by atoms with Crippen LogP contribution in [0.4, 0.5) is 13.6 Å². The third-order valence-corrected chi connectivity index (χ3v) is 3.90. The first-order valence-electron chi connectivity index (χ1n) is 7.78. The van der Waals surface area contributed by atoms with Crippen molar-refractivity contribution < 1.29 is 28.2 Å². The van der Waals surface area contributed by atoms with E-state index in [9.17, 15) is 18.4 Å². The first-order chi connectivity index (χ1) is 11.1. The average Bonchev–Trinajstić information content (AvgIpc) is 2.44. The predicted octanol–water partition coefficient (Wildman–Crippen LogP) is 3.78. The molecule has 1 amide bonds. The number of rotatable bonds is 2. The van der Waals surface area contributed by atoms with Gasteiger partial charge in [0.05, 0.1) is 0 Å². The Kier molecular flexibility index (Phi) is 5.11. The van der Waals surface area contributed by atoms with Crippen LogP contribution in [0.5, 0.6) is 0 Å². The van der Waals surface area contributed by atoms with Gasteiger partial charge in [0.2, 0.25) is 0 Å². The lowest BCUT2D eigenvalue weighted by molar-refractivity contribution is 0.0204. The van der Waals surface area contributed by atoms with Crippen molar-refractivity contribution in [1.82, 2.24) is 4.90 Å². The summed E-state index contributed by atoms with van der Waals surface area (Å²) in [6.45, 7) is 6.20. The Bertz CT molecular complexity index is 623. The van der Waals surface area contributed by atoms with Crippen molar-refractivity contribution in [3.8, 4) is 0 Å². The van der Waals surface area contributed by atoms with Crippen LogP contribution in [0, 0.1) is 11.6 Å². The first kappa shape index (κ1) is 18.2. The second-order valence-corrected chi connectivity index (χ2v) is 6.91. The molecule has 0 aromatic heterocycles. The summed E-state index contributed by atoms with van der Waals surface area (Å²) in [6, 6.07) is 2.14. The number of carboxylic acids is 1. The maximum atomic E-state index is 13.8. The van der Waals surface area contributed by atoms with Crippen molar-refractivity contribution >= 4 is 12.1 Å². The lowest BCUT2D eigenvalue weighted by atomic mass is 9.88. The smallest absolute Gasteiger partial charge is 0.410 e. The molecular weight excluding hydrogens is 320 g/mol. The highest BCUT2D eigenvalue weighted by atomic mass is 19.1. The summed E-state index contributed by atoms with van der Waals surface area (Å²) < 4.78 is 32.9. The Hall–Kier alpha value is -2.18. The zero-order chi connectivity index (χ0) is 18.1. The molecule has 7 heteroatoms. The molecular formula is C17H21F2NO4. The van der Waals surface area contributed by atoms with Gasteiger partial charge >= 0.3 is 12.1 Å². The molecule has 24 heavy (non-hydrogen) atoms. The number of ether oxygens (including phenoxy) is 1. The average molecular weight is 341 g/mol. The van der Waals surface area contributed by atoms with Crippen LogP contribution >= 0.6 is 0 Å². The highest BCUT2D eigenvalue weighted by molar-refractivity contribution is 5.88. The number of carboxylic acid groups (broad SMARTS) is 1. The number of nitrogens with zero attached hydrogens (tertiary/aromatic N) is 1. The van der Waals surface area contributed by atoms with Crippen LogP contribution in [-0.2, 0) is 4.74 Å². The number of likely N-dealkylation sites (tertiary alicyclic amines) is 1. The minimum absolute atomic E-state index is 0.129. The van der Waals surface area contributed by atoms with Gasteiger partial charge in [0.25, 0.3) is 0 Å². The number of halogens is 2. The molecule has 0 atom stereocenters. The Morgan fingerprint density at radius 1 is 1.17 bits per heavy atom. The van der Waals surface area contributed by atoms with Gasteiger partial charge < -0.3 is 14.7 Å². The summed E-state index contributed by atoms with van der Waals surface area (Å²) in [5.41, 5.74) is -1.10. The van der Waals surface area contributed by atoms with Crippen molar-refractivity contribution in [3.63, 3.8) is 0 Å². The van der Waals surface area contributed by atoms with Gasteiger partial charge in [-0.3, -0.25) is 0 Å². The minimum atomic E-state index is -1.63. The second kappa shape index (κ2) is 6.75. The van der Waals surface area contributed by atoms with Crippen LogP contribution in [-0.4, -0.2) is 40.8 Å². The molecule has 1 heterocycles. The third-order valence-electron chi connectivity index (χ3n) is 3.90. The molecule has 1 aromatic rings. The van der Waals surface area contributed by atoms with Gasteiger partial charge in [-0.05, 0) is 57.2 Å². The van der Waals surface area contributed by atoms with Crippen molar-refractivity contribution in [2.24, 2.45) is 0 Å². The zero-order valence-electron chi connectivity index (χ0n) is 13.9. The van der Waals surface area contributed by atoms with Gasteiger partial charge in [-0.15, -0.1) is 0 Å². The fourth-order valence-electron chi connectivity index (χ4n) is 2.75. The molecule has 0 radical (unpaired) electrons. The van der Waals surface area contributed by atoms with Crippen molar-refractivity contribution in [3.05, 3.63) is 34.9 Å². The highest BCUT2D eigenvalue weighted by Gasteiger charge is 2.29. The van der Waals surface area contributed by atoms with Crippen LogP contribution in [0.1, 0.15) is 55.5 Å². The molecule has 0 saturated carbocycles. The summed E-state index contributed by atoms with van der Waals surface area (Å²) in [5.74, 6) is -3.91. The molecule has 0 bridgehead atoms. The van der Waals surface area contributed by atoms with Crippen LogP contribution < -0.4 is 0 Å². The highest BCUT2D eigenvalue weighted by Crippen LogP contribution is 2.30. The number of hydrogen-bond donors (Lipinski definition) is 1. The van der Waals surface area contributed by atoms with Gasteiger partial charge in [0, 0.05) is 13.1 Å². The third kappa shape index (κ3) is 4.21. The van der Waals surface area contributed by atoms with Crippen molar-refractivity contribution in [2.45, 2.75) is 45.1 Å². The molecule has 1 aliphatic heterocycles. The Balaban J connectivity index is 2.05. The molecule has 0 aliphatic carbocycles. The lowest BCUT2D eigenvalue weighted by Gasteiger charge is -2.33. The SMILES string of the molecule is CC(C)(C)OC(=O)N1CCC(c2cc(F)c(C(=O)O)c(F)c2)CC1. The Morgan fingerprint density at radius 2 is 1.67 bits per heavy atom. The molecule has 0 unspecified atom stereocenters. The maximum absolute atomic E-state index is 13.8. The standard InChI is InChI=1S/C17H21F2NO4/c1-17(2,3)24-16(23)20-6-4-10(5-7-20)11-8-12(18)14(15(21)22)13(19)9-11/h8-10H,4-7H2,1-3H3,(H,21,22). The number of piperidine rings is 1. The van der Waals surface area contributed by atoms with E-state index in [1.807, 2.05) is 0 Å². The molecule has 1 aliphatic rings. The van der Waals surface area contributed by atoms with E-state index in [4.69, 9.17) is 9.84 Å². The molecule has 2 rings (SSSR count). The summed E-state index contributed by atoms with van der Waals surface area (Å²) in [4.78, 5) is 24.4. The molecule has 5 nitrogen and oxygen atoms in total. The van der Waals surface area contributed by atoms with E-state index in [1.54, 1.807) is 25.7 Å². The molecule has 1 N–H and O–H groups in total. The van der Waals surface area contributed by atoms with Crippen LogP contribution in [0.25, 0.3) is 0 Å². The van der Waals surface area contributed by atoms with E-state index in [0.717, 1.165) is 12.1 Å². The van der Waals surface area contributed by atoms with Crippen LogP contribution in [0.2, 0.25) is 0 Å². The van der Waals surface area contributed by atoms with E-state index < -0.39 is 34.9 Å². The van der Waals surface area contributed by atoms with Gasteiger partial charge in [-0.1, -0.05) is 0 Å². The van der Waals surface area contributed by atoms with Crippen LogP contribution in [0.3, 0.4) is 0 Å². The molecule has 1 aromatic carbocycles. The van der Waals surface area contributed by atoms with Crippen LogP contribution in [0.15, 0.2) is 12.1 Å². The largest absolute Gasteiger partial charge is 0.477 e. The van der Waals surface area contributed by atoms with Gasteiger partial charge in [-0.25, -0.2) is 18.4 Å². The van der Waals surface area contributed by atoms with E-state index in [-0.39, 0.29) is 5.92 Å². The predicted molar refractivity (Wildman–Crippen MR) is 83.1 cm³/mol. The lowest BCUT2D eigenvalue weighted by Crippen LogP contribution is -2.41. The first-order valence-corrected chi connectivity index (χ1v) is 7.78. The van der Waals surface area contributed by atoms with E-state index in [1.165, 1.54) is 0 Å². The topological polar surface area (TPSA) is 66.8 Å². The molecule has 1 saturated heterocycles. The van der Waals surface area contributed by atoms with E-state index in [2.05, 4.69) is 0 Å². The number of amides is 1. The summed E-state index contributed by atoms with van der Waals surface area (Å²) in [6.07, 6.45) is 0.661. The number of carbonyl (C=O) groups is 2. The van der Waals surface area contributed by atoms with E-state index in [0.29, 0.717) is 31.5 Å². The monoisotopic (exact) mass is 341 g/mol. The summed E-state index contributed by atoms with van der Waals surface area (Å²) in [5, 5.41) is 8.80. The van der Waals surface area contributed by atoms with Gasteiger partial charge in [0.1, 0.15) is 22.8 Å². The Labute approximate surface area is 139 Å². The second-order valence-electron chi connectivity index (χ2n) is 6.91. The van der Waals surface area contributed by atoms with Crippen molar-refractivity contribution in [1.29, 1.82) is 0 Å². The maximum Gasteiger partial charge on any atom is 0.410 e. The summed E-state index contributed by atoms with van der Waals surface area (Å²) in [7, 11) is 0. The number of hydrogen-bond acceptors (Lipinski definition) is 3. The zero-order valence-corrected chi connectivity index (χ0v) is 13.9. The summed E-state index contributed by atoms with van der Waals surface area (Å²) >= 11 is 0. The molecule has 1 fully saturated rings. The minimum Gasteiger partial charge on any atom is -0.477 e. The molecule has 0 spiro atoms. The fraction of sp³-hybridized carbons (Fsp3) is 0.529. The van der Waals surface area contributed by atoms with Gasteiger partial charge in [0.15, 0.2) is 0 Å². The fourth-order valence-corrected chi connectivity index (χ4v) is 2.75. The quantitative estimate of drug-likeness (QED) is 0.889.